The molecule has 0 saturated carbocycles. The highest BCUT2D eigenvalue weighted by molar-refractivity contribution is 6.48. The maximum absolute atomic E-state index is 5.64. The summed E-state index contributed by atoms with van der Waals surface area (Å²) < 4.78 is 10.9. The Labute approximate surface area is 83.6 Å². The first-order chi connectivity index (χ1) is 6.35. The van der Waals surface area contributed by atoms with Crippen LogP contribution in [-0.4, -0.2) is 35.6 Å². The van der Waals surface area contributed by atoms with Gasteiger partial charge in [-0.3, -0.25) is 0 Å². The monoisotopic (exact) mass is 205 g/mol. The van der Waals surface area contributed by atoms with Crippen molar-refractivity contribution in [2.24, 2.45) is 0 Å². The molecule has 13 heavy (non-hydrogen) atoms. The normalized spacial score (nSPS) is 13.2. The van der Waals surface area contributed by atoms with Gasteiger partial charge < -0.3 is 14.1 Å². The molecule has 0 bridgehead atoms. The summed E-state index contributed by atoms with van der Waals surface area (Å²) in [5.74, 6) is 0. The second-order valence-corrected chi connectivity index (χ2v) is 5.18. The molecule has 0 aromatic heterocycles. The molecule has 1 N–H and O–H groups in total. The fourth-order valence-electron chi connectivity index (χ4n) is 1.09. The van der Waals surface area contributed by atoms with Gasteiger partial charge >= 0.3 is 0 Å². The van der Waals surface area contributed by atoms with Gasteiger partial charge in [0.25, 0.3) is 9.20 Å². The average Bonchev–Trinajstić information content (AvgIpc) is 2.14. The minimum atomic E-state index is -1.16. The Morgan fingerprint density at radius 3 is 2.46 bits per heavy atom. The first-order valence-electron chi connectivity index (χ1n) is 5.27. The summed E-state index contributed by atoms with van der Waals surface area (Å²) in [5, 5.41) is 0. The summed E-state index contributed by atoms with van der Waals surface area (Å²) in [5.41, 5.74) is 0. The van der Waals surface area contributed by atoms with Gasteiger partial charge in [0.05, 0.1) is 0 Å². The molecule has 0 aliphatic heterocycles. The molecule has 0 aromatic rings. The molecule has 0 aliphatic carbocycles. The van der Waals surface area contributed by atoms with Crippen LogP contribution in [0.15, 0.2) is 0 Å². The Morgan fingerprint density at radius 2 is 1.92 bits per heavy atom. The highest BCUT2D eigenvalue weighted by Gasteiger charge is 2.09. The zero-order valence-corrected chi connectivity index (χ0v) is 10.3. The van der Waals surface area contributed by atoms with Crippen LogP contribution < -0.4 is 4.98 Å². The summed E-state index contributed by atoms with van der Waals surface area (Å²) >= 11 is 0. The predicted octanol–water partition coefficient (Wildman–Crippen LogP) is 1.28. The first kappa shape index (κ1) is 13.1. The molecule has 0 rings (SSSR count). The molecule has 0 radical (unpaired) electrons. The lowest BCUT2D eigenvalue weighted by Crippen LogP contribution is -2.38. The third-order valence-electron chi connectivity index (χ3n) is 1.72. The summed E-state index contributed by atoms with van der Waals surface area (Å²) in [4.78, 5) is 3.47. The van der Waals surface area contributed by atoms with E-state index >= 15 is 0 Å². The number of hydrogen-bond acceptors (Lipinski definition) is 3. The van der Waals surface area contributed by atoms with Crippen molar-refractivity contribution in [1.82, 2.24) is 4.98 Å². The van der Waals surface area contributed by atoms with E-state index in [1.54, 1.807) is 0 Å². The highest BCUT2D eigenvalue weighted by atomic mass is 28.3. The van der Waals surface area contributed by atoms with E-state index in [1.807, 2.05) is 13.8 Å². The molecular weight excluding hydrogens is 182 g/mol. The van der Waals surface area contributed by atoms with Crippen LogP contribution in [0.3, 0.4) is 0 Å². The number of hydrogen-bond donors (Lipinski definition) is 1. The summed E-state index contributed by atoms with van der Waals surface area (Å²) in [6.07, 6.45) is 1.17. The third-order valence-corrected chi connectivity index (χ3v) is 3.96. The highest BCUT2D eigenvalue weighted by Crippen LogP contribution is 1.93. The maximum atomic E-state index is 5.64. The molecule has 0 amide bonds. The summed E-state index contributed by atoms with van der Waals surface area (Å²) in [6, 6.07) is 1.07. The second-order valence-electron chi connectivity index (χ2n) is 2.88. The Balaban J connectivity index is 3.41. The minimum Gasteiger partial charge on any atom is -0.406 e. The average molecular weight is 205 g/mol. The van der Waals surface area contributed by atoms with Crippen molar-refractivity contribution in [3.63, 3.8) is 0 Å². The van der Waals surface area contributed by atoms with E-state index in [-0.39, 0.29) is 0 Å². The van der Waals surface area contributed by atoms with Crippen LogP contribution in [0, 0.1) is 0 Å². The van der Waals surface area contributed by atoms with Crippen molar-refractivity contribution in [2.75, 3.05) is 26.4 Å². The number of ether oxygens (including phenoxy) is 1. The van der Waals surface area contributed by atoms with E-state index in [0.717, 1.165) is 32.4 Å². The molecule has 0 aliphatic rings. The van der Waals surface area contributed by atoms with E-state index < -0.39 is 9.20 Å². The topological polar surface area (TPSA) is 30.5 Å². The molecule has 0 heterocycles. The number of rotatable bonds is 9. The van der Waals surface area contributed by atoms with Crippen molar-refractivity contribution in [2.45, 2.75) is 33.2 Å². The fraction of sp³-hybridized carbons (Fsp3) is 1.00. The molecule has 80 valence electrons. The van der Waals surface area contributed by atoms with Gasteiger partial charge in [-0.25, -0.2) is 0 Å². The SMILES string of the molecule is CCCN[SiH](CCOCC)OCC. The zero-order chi connectivity index (χ0) is 9.94. The third kappa shape index (κ3) is 8.43. The maximum Gasteiger partial charge on any atom is 0.254 e. The molecule has 3 nitrogen and oxygen atoms in total. The Hall–Kier alpha value is 0.0969. The predicted molar refractivity (Wildman–Crippen MR) is 58.4 cm³/mol. The van der Waals surface area contributed by atoms with Crippen LogP contribution in [0.1, 0.15) is 27.2 Å². The Morgan fingerprint density at radius 1 is 1.15 bits per heavy atom. The molecule has 4 heteroatoms. The van der Waals surface area contributed by atoms with Gasteiger partial charge in [-0.15, -0.1) is 0 Å². The molecular formula is C9H23NO2Si. The van der Waals surface area contributed by atoms with Gasteiger partial charge in [0.1, 0.15) is 0 Å². The summed E-state index contributed by atoms with van der Waals surface area (Å²) in [7, 11) is -1.16. The molecule has 0 spiro atoms. The largest absolute Gasteiger partial charge is 0.406 e. The number of nitrogens with one attached hydrogen (secondary N) is 1. The van der Waals surface area contributed by atoms with Crippen molar-refractivity contribution in [3.8, 4) is 0 Å². The summed E-state index contributed by atoms with van der Waals surface area (Å²) in [6.45, 7) is 9.78. The van der Waals surface area contributed by atoms with E-state index in [1.165, 1.54) is 6.42 Å². The van der Waals surface area contributed by atoms with E-state index in [4.69, 9.17) is 9.16 Å². The van der Waals surface area contributed by atoms with Crippen molar-refractivity contribution >= 4 is 9.20 Å². The van der Waals surface area contributed by atoms with Gasteiger partial charge in [-0.2, -0.15) is 0 Å². The van der Waals surface area contributed by atoms with Crippen LogP contribution in [0.5, 0.6) is 0 Å². The Bertz CT molecular complexity index is 104. The molecule has 0 fully saturated rings. The quantitative estimate of drug-likeness (QED) is 0.454. The smallest absolute Gasteiger partial charge is 0.254 e. The van der Waals surface area contributed by atoms with Crippen LogP contribution in [-0.2, 0) is 9.16 Å². The molecule has 1 atom stereocenters. The molecule has 0 aromatic carbocycles. The van der Waals surface area contributed by atoms with E-state index in [2.05, 4.69) is 11.9 Å². The van der Waals surface area contributed by atoms with Gasteiger partial charge in [-0.1, -0.05) is 6.92 Å². The standard InChI is InChI=1S/C9H23NO2Si/c1-4-7-10-13(12-6-3)9-8-11-5-2/h10,13H,4-9H2,1-3H3. The van der Waals surface area contributed by atoms with Crippen molar-refractivity contribution < 1.29 is 9.16 Å². The second kappa shape index (κ2) is 10.2. The lowest BCUT2D eigenvalue weighted by atomic mass is 10.5. The van der Waals surface area contributed by atoms with Gasteiger partial charge in [0.2, 0.25) is 0 Å². The van der Waals surface area contributed by atoms with E-state index in [0.29, 0.717) is 0 Å². The van der Waals surface area contributed by atoms with Gasteiger partial charge in [0, 0.05) is 25.9 Å². The Kier molecular flexibility index (Phi) is 10.3. The van der Waals surface area contributed by atoms with Gasteiger partial charge in [-0.05, 0) is 26.8 Å². The van der Waals surface area contributed by atoms with Crippen LogP contribution in [0.2, 0.25) is 6.04 Å². The lowest BCUT2D eigenvalue weighted by Gasteiger charge is -2.15. The minimum absolute atomic E-state index is 0.807. The van der Waals surface area contributed by atoms with Crippen molar-refractivity contribution in [1.29, 1.82) is 0 Å². The molecule has 0 saturated heterocycles. The van der Waals surface area contributed by atoms with E-state index in [9.17, 15) is 0 Å². The van der Waals surface area contributed by atoms with Crippen molar-refractivity contribution in [3.05, 3.63) is 0 Å². The van der Waals surface area contributed by atoms with Crippen LogP contribution >= 0.6 is 0 Å². The first-order valence-corrected chi connectivity index (χ1v) is 7.14. The lowest BCUT2D eigenvalue weighted by molar-refractivity contribution is 0.157. The van der Waals surface area contributed by atoms with Crippen LogP contribution in [0.25, 0.3) is 0 Å². The zero-order valence-electron chi connectivity index (χ0n) is 9.14. The van der Waals surface area contributed by atoms with Gasteiger partial charge in [0.15, 0.2) is 0 Å². The molecule has 1 unspecified atom stereocenters. The van der Waals surface area contributed by atoms with Crippen LogP contribution in [0.4, 0.5) is 0 Å². The fourth-order valence-corrected chi connectivity index (χ4v) is 2.97.